The van der Waals surface area contributed by atoms with Crippen LogP contribution in [0.2, 0.25) is 0 Å². The zero-order valence-electron chi connectivity index (χ0n) is 16.8. The number of aryl methyl sites for hydroxylation is 1. The summed E-state index contributed by atoms with van der Waals surface area (Å²) in [6.07, 6.45) is 8.14. The van der Waals surface area contributed by atoms with Crippen molar-refractivity contribution in [1.82, 2.24) is 14.5 Å². The summed E-state index contributed by atoms with van der Waals surface area (Å²) in [6, 6.07) is 29.5. The maximum absolute atomic E-state index is 10.8. The van der Waals surface area contributed by atoms with Gasteiger partial charge in [0, 0.05) is 35.9 Å². The summed E-state index contributed by atoms with van der Waals surface area (Å²) >= 11 is 0. The Labute approximate surface area is 176 Å². The number of carbonyl (C=O) groups excluding carboxylic acids is 1. The summed E-state index contributed by atoms with van der Waals surface area (Å²) in [7, 11) is 0. The van der Waals surface area contributed by atoms with Crippen LogP contribution in [0.3, 0.4) is 0 Å². The monoisotopic (exact) mass is 393 g/mol. The molecule has 0 N–H and O–H groups in total. The number of hydrogen-bond donors (Lipinski definition) is 0. The second-order valence-electron chi connectivity index (χ2n) is 6.49. The van der Waals surface area contributed by atoms with Crippen LogP contribution in [0.15, 0.2) is 116 Å². The molecule has 0 fully saturated rings. The van der Waals surface area contributed by atoms with Gasteiger partial charge >= 0.3 is 0 Å². The minimum Gasteiger partial charge on any atom is -0.314 e. The highest BCUT2D eigenvalue weighted by atomic mass is 16.1. The molecule has 3 heterocycles. The van der Waals surface area contributed by atoms with E-state index in [2.05, 4.69) is 22.1 Å². The van der Waals surface area contributed by atoms with Crippen LogP contribution in [0, 0.1) is 6.92 Å². The topological polar surface area (TPSA) is 47.8 Å². The fourth-order valence-electron chi connectivity index (χ4n) is 2.85. The van der Waals surface area contributed by atoms with E-state index in [0.717, 1.165) is 23.1 Å². The third-order valence-corrected chi connectivity index (χ3v) is 4.22. The van der Waals surface area contributed by atoms with Gasteiger partial charge in [0.1, 0.15) is 0 Å². The smallest absolute Gasteiger partial charge is 0.166 e. The second kappa shape index (κ2) is 11.1. The maximum Gasteiger partial charge on any atom is 0.166 e. The number of pyridine rings is 2. The molecule has 0 saturated carbocycles. The Morgan fingerprint density at radius 1 is 0.767 bits per heavy atom. The normalized spacial score (nSPS) is 9.63. The Morgan fingerprint density at radius 3 is 2.07 bits per heavy atom. The largest absolute Gasteiger partial charge is 0.314 e. The highest BCUT2D eigenvalue weighted by Gasteiger charge is 2.03. The lowest BCUT2D eigenvalue weighted by Crippen LogP contribution is -1.96. The summed E-state index contributed by atoms with van der Waals surface area (Å²) in [5.74, 6) is 0. The summed E-state index contributed by atoms with van der Waals surface area (Å²) in [5, 5.41) is 1.20. The number of fused-ring (bicyclic) bond motifs is 1. The number of rotatable bonds is 2. The predicted molar refractivity (Wildman–Crippen MR) is 122 cm³/mol. The first-order valence-electron chi connectivity index (χ1n) is 9.62. The molecule has 0 bridgehead atoms. The highest BCUT2D eigenvalue weighted by molar-refractivity contribution is 5.77. The number of hydrogen-bond acceptors (Lipinski definition) is 3. The van der Waals surface area contributed by atoms with Crippen molar-refractivity contribution in [3.63, 3.8) is 0 Å². The van der Waals surface area contributed by atoms with E-state index in [1.165, 1.54) is 5.39 Å². The molecule has 0 aliphatic carbocycles. The van der Waals surface area contributed by atoms with Gasteiger partial charge in [-0.1, -0.05) is 48.5 Å². The molecule has 148 valence electrons. The van der Waals surface area contributed by atoms with E-state index in [4.69, 9.17) is 0 Å². The van der Waals surface area contributed by atoms with Crippen molar-refractivity contribution < 1.29 is 4.79 Å². The van der Waals surface area contributed by atoms with Crippen LogP contribution in [-0.2, 0) is 0 Å². The molecule has 4 heteroatoms. The Hall–Kier alpha value is -4.05. The molecule has 5 aromatic rings. The van der Waals surface area contributed by atoms with E-state index in [9.17, 15) is 4.79 Å². The lowest BCUT2D eigenvalue weighted by molar-refractivity contribution is 0.111. The van der Waals surface area contributed by atoms with Crippen molar-refractivity contribution in [3.8, 4) is 5.69 Å². The van der Waals surface area contributed by atoms with Crippen LogP contribution >= 0.6 is 0 Å². The van der Waals surface area contributed by atoms with E-state index < -0.39 is 0 Å². The van der Waals surface area contributed by atoms with Gasteiger partial charge in [0.05, 0.1) is 11.2 Å². The SMILES string of the molecule is Cc1cc(C=O)n(-c2ccccc2)c1.c1ccc2ncccc2c1.c1ccncc1. The Kier molecular flexibility index (Phi) is 7.63. The van der Waals surface area contributed by atoms with E-state index in [1.807, 2.05) is 103 Å². The van der Waals surface area contributed by atoms with E-state index >= 15 is 0 Å². The van der Waals surface area contributed by atoms with Gasteiger partial charge < -0.3 is 4.57 Å². The Bertz CT molecular complexity index is 1080. The molecule has 0 atom stereocenters. The standard InChI is InChI=1S/C12H11NO.C9H7N.C5H5N/c1-10-7-12(9-14)13(8-10)11-5-3-2-4-6-11;1-2-6-9-8(4-1)5-3-7-10-9;1-2-4-6-5-3-1/h2-9H,1H3;1-7H;1-5H. The fourth-order valence-corrected chi connectivity index (χ4v) is 2.85. The molecule has 2 aromatic carbocycles. The van der Waals surface area contributed by atoms with Crippen LogP contribution in [0.25, 0.3) is 16.6 Å². The van der Waals surface area contributed by atoms with Crippen molar-refractivity contribution in [2.24, 2.45) is 0 Å². The van der Waals surface area contributed by atoms with Gasteiger partial charge in [-0.2, -0.15) is 0 Å². The minimum absolute atomic E-state index is 0.689. The number of para-hydroxylation sites is 2. The van der Waals surface area contributed by atoms with Gasteiger partial charge in [0.25, 0.3) is 0 Å². The number of aldehydes is 1. The van der Waals surface area contributed by atoms with Crippen LogP contribution in [0.4, 0.5) is 0 Å². The molecule has 4 nitrogen and oxygen atoms in total. The molecule has 0 aliphatic heterocycles. The molecule has 0 spiro atoms. The Balaban J connectivity index is 0.000000139. The average molecular weight is 393 g/mol. The predicted octanol–water partition coefficient (Wildman–Crippen LogP) is 5.91. The van der Waals surface area contributed by atoms with Crippen LogP contribution in [0.1, 0.15) is 16.1 Å². The van der Waals surface area contributed by atoms with E-state index in [-0.39, 0.29) is 0 Å². The van der Waals surface area contributed by atoms with Crippen molar-refractivity contribution in [3.05, 3.63) is 127 Å². The van der Waals surface area contributed by atoms with Crippen molar-refractivity contribution in [2.45, 2.75) is 6.92 Å². The third-order valence-electron chi connectivity index (χ3n) is 4.22. The average Bonchev–Trinajstić information content (AvgIpc) is 3.22. The quantitative estimate of drug-likeness (QED) is 0.350. The summed E-state index contributed by atoms with van der Waals surface area (Å²) in [5.41, 5.74) is 3.86. The number of benzene rings is 2. The van der Waals surface area contributed by atoms with Gasteiger partial charge in [0.15, 0.2) is 6.29 Å². The highest BCUT2D eigenvalue weighted by Crippen LogP contribution is 2.13. The number of nitrogens with zero attached hydrogens (tertiary/aromatic N) is 3. The molecular formula is C26H23N3O. The molecule has 0 radical (unpaired) electrons. The molecule has 0 saturated heterocycles. The van der Waals surface area contributed by atoms with E-state index in [1.54, 1.807) is 12.4 Å². The molecule has 5 rings (SSSR count). The molecule has 0 amide bonds. The van der Waals surface area contributed by atoms with Crippen LogP contribution in [-0.4, -0.2) is 20.8 Å². The van der Waals surface area contributed by atoms with Crippen LogP contribution < -0.4 is 0 Å². The molecule has 0 unspecified atom stereocenters. The zero-order valence-corrected chi connectivity index (χ0v) is 16.8. The van der Waals surface area contributed by atoms with Crippen LogP contribution in [0.5, 0.6) is 0 Å². The lowest BCUT2D eigenvalue weighted by atomic mass is 10.2. The summed E-state index contributed by atoms with van der Waals surface area (Å²) in [6.45, 7) is 1.98. The second-order valence-corrected chi connectivity index (χ2v) is 6.49. The molecule has 0 aliphatic rings. The molecular weight excluding hydrogens is 370 g/mol. The van der Waals surface area contributed by atoms with Gasteiger partial charge in [-0.25, -0.2) is 0 Å². The van der Waals surface area contributed by atoms with Crippen molar-refractivity contribution in [2.75, 3.05) is 0 Å². The first-order valence-corrected chi connectivity index (χ1v) is 9.62. The van der Waals surface area contributed by atoms with Gasteiger partial charge in [0.2, 0.25) is 0 Å². The third kappa shape index (κ3) is 5.97. The van der Waals surface area contributed by atoms with Gasteiger partial charge in [-0.15, -0.1) is 0 Å². The zero-order chi connectivity index (χ0) is 21.0. The molecule has 3 aromatic heterocycles. The van der Waals surface area contributed by atoms with Gasteiger partial charge in [-0.05, 0) is 55.0 Å². The molecule has 30 heavy (non-hydrogen) atoms. The number of carbonyl (C=O) groups is 1. The van der Waals surface area contributed by atoms with Crippen molar-refractivity contribution >= 4 is 17.2 Å². The Morgan fingerprint density at radius 2 is 1.43 bits per heavy atom. The fraction of sp³-hybridized carbons (Fsp3) is 0.0385. The summed E-state index contributed by atoms with van der Waals surface area (Å²) < 4.78 is 1.89. The van der Waals surface area contributed by atoms with Crippen molar-refractivity contribution in [1.29, 1.82) is 0 Å². The number of aromatic nitrogens is 3. The minimum atomic E-state index is 0.689. The first-order chi connectivity index (χ1) is 14.8. The first kappa shape index (κ1) is 20.7. The van der Waals surface area contributed by atoms with Gasteiger partial charge in [-0.3, -0.25) is 14.8 Å². The summed E-state index contributed by atoms with van der Waals surface area (Å²) in [4.78, 5) is 18.8. The maximum atomic E-state index is 10.8. The lowest BCUT2D eigenvalue weighted by Gasteiger charge is -2.03. The van der Waals surface area contributed by atoms with E-state index in [0.29, 0.717) is 5.69 Å².